The second-order valence-corrected chi connectivity index (χ2v) is 8.96. The number of aliphatic hydroxyl groups is 1. The molecule has 8 nitrogen and oxygen atoms in total. The summed E-state index contributed by atoms with van der Waals surface area (Å²) in [4.78, 5) is 20.8. The Morgan fingerprint density at radius 1 is 1.28 bits per heavy atom. The molecule has 158 valence electrons. The summed E-state index contributed by atoms with van der Waals surface area (Å²) in [6, 6.07) is 3.76. The van der Waals surface area contributed by atoms with Gasteiger partial charge in [0.15, 0.2) is 4.83 Å². The van der Waals surface area contributed by atoms with Crippen LogP contribution in [0.3, 0.4) is 0 Å². The van der Waals surface area contributed by atoms with Crippen molar-refractivity contribution in [3.05, 3.63) is 12.1 Å². The molecule has 4 rings (SSSR count). The van der Waals surface area contributed by atoms with Crippen molar-refractivity contribution in [3.8, 4) is 11.1 Å². The fraction of sp³-hybridized carbons (Fsp3) is 0.650. The van der Waals surface area contributed by atoms with Gasteiger partial charge in [0.2, 0.25) is 11.8 Å². The Labute approximate surface area is 173 Å². The van der Waals surface area contributed by atoms with Gasteiger partial charge in [-0.15, -0.1) is 0 Å². The van der Waals surface area contributed by atoms with Gasteiger partial charge in [-0.3, -0.25) is 4.79 Å². The van der Waals surface area contributed by atoms with E-state index < -0.39 is 0 Å². The van der Waals surface area contributed by atoms with E-state index in [2.05, 4.69) is 15.3 Å². The lowest BCUT2D eigenvalue weighted by atomic mass is 9.83. The molecule has 2 saturated carbocycles. The van der Waals surface area contributed by atoms with Crippen LogP contribution < -0.4 is 14.8 Å². The Kier molecular flexibility index (Phi) is 6.17. The van der Waals surface area contributed by atoms with E-state index >= 15 is 0 Å². The van der Waals surface area contributed by atoms with Crippen molar-refractivity contribution < 1.29 is 24.1 Å². The van der Waals surface area contributed by atoms with E-state index in [4.69, 9.17) is 14.2 Å². The monoisotopic (exact) mass is 421 g/mol. The molecule has 1 atom stereocenters. The molecule has 29 heavy (non-hydrogen) atoms. The van der Waals surface area contributed by atoms with E-state index in [1.165, 1.54) is 18.3 Å². The van der Waals surface area contributed by atoms with Gasteiger partial charge in [0.1, 0.15) is 11.6 Å². The fourth-order valence-electron chi connectivity index (χ4n) is 3.51. The van der Waals surface area contributed by atoms with Gasteiger partial charge in [0, 0.05) is 31.9 Å². The second-order valence-electron chi connectivity index (χ2n) is 8.02. The SMILES string of the molecule is CC(=O)N[C@@H](C)COC1CC(COc2ccc3nc(OC4CC(O)C4)sc3n2)C1. The predicted molar refractivity (Wildman–Crippen MR) is 108 cm³/mol. The zero-order valence-electron chi connectivity index (χ0n) is 16.7. The highest BCUT2D eigenvalue weighted by Crippen LogP contribution is 2.33. The number of aromatic nitrogens is 2. The minimum atomic E-state index is -0.246. The summed E-state index contributed by atoms with van der Waals surface area (Å²) in [5.74, 6) is 1.02. The average Bonchev–Trinajstić information content (AvgIpc) is 2.99. The lowest BCUT2D eigenvalue weighted by Crippen LogP contribution is -2.40. The summed E-state index contributed by atoms with van der Waals surface area (Å²) >= 11 is 1.40. The highest BCUT2D eigenvalue weighted by Gasteiger charge is 2.31. The van der Waals surface area contributed by atoms with Crippen LogP contribution in [0, 0.1) is 5.92 Å². The predicted octanol–water partition coefficient (Wildman–Crippen LogP) is 2.29. The fourth-order valence-corrected chi connectivity index (χ4v) is 4.35. The molecule has 0 radical (unpaired) electrons. The first kappa shape index (κ1) is 20.3. The number of pyridine rings is 1. The van der Waals surface area contributed by atoms with Crippen LogP contribution in [0.4, 0.5) is 0 Å². The van der Waals surface area contributed by atoms with Gasteiger partial charge in [-0.05, 0) is 31.7 Å². The van der Waals surface area contributed by atoms with Crippen LogP contribution in [0.5, 0.6) is 11.1 Å². The summed E-state index contributed by atoms with van der Waals surface area (Å²) in [5, 5.41) is 12.8. The zero-order valence-corrected chi connectivity index (χ0v) is 17.5. The maximum Gasteiger partial charge on any atom is 0.276 e. The molecule has 0 bridgehead atoms. The smallest absolute Gasteiger partial charge is 0.276 e. The Bertz CT molecular complexity index is 848. The summed E-state index contributed by atoms with van der Waals surface area (Å²) in [5.41, 5.74) is 0.794. The number of ether oxygens (including phenoxy) is 3. The van der Waals surface area contributed by atoms with E-state index in [-0.39, 0.29) is 30.3 Å². The van der Waals surface area contributed by atoms with Crippen LogP contribution in [0.2, 0.25) is 0 Å². The topological polar surface area (TPSA) is 103 Å². The number of amides is 1. The van der Waals surface area contributed by atoms with Gasteiger partial charge in [0.05, 0.1) is 25.4 Å². The van der Waals surface area contributed by atoms with E-state index in [0.717, 1.165) is 23.2 Å². The molecule has 2 N–H and O–H groups in total. The number of carbonyl (C=O) groups is 1. The first-order valence-corrected chi connectivity index (χ1v) is 10.9. The van der Waals surface area contributed by atoms with Gasteiger partial charge in [-0.25, -0.2) is 9.97 Å². The van der Waals surface area contributed by atoms with Crippen LogP contribution in [0.1, 0.15) is 39.5 Å². The van der Waals surface area contributed by atoms with Gasteiger partial charge >= 0.3 is 0 Å². The third-order valence-corrected chi connectivity index (χ3v) is 6.09. The third-order valence-electron chi connectivity index (χ3n) is 5.24. The minimum absolute atomic E-state index is 0.0290. The molecule has 2 aromatic heterocycles. The molecule has 2 fully saturated rings. The Morgan fingerprint density at radius 2 is 2.07 bits per heavy atom. The van der Waals surface area contributed by atoms with Gasteiger partial charge in [0.25, 0.3) is 5.19 Å². The van der Waals surface area contributed by atoms with E-state index in [1.54, 1.807) is 0 Å². The zero-order chi connectivity index (χ0) is 20.4. The highest BCUT2D eigenvalue weighted by atomic mass is 32.1. The largest absolute Gasteiger partial charge is 0.477 e. The molecular weight excluding hydrogens is 394 g/mol. The standard InChI is InChI=1S/C20H27N3O5S/c1-11(21-12(2)24)9-26-15-5-13(6-15)10-27-18-4-3-17-19(23-18)29-20(22-17)28-16-7-14(25)8-16/h3-4,11,13-16,25H,5-10H2,1-2H3,(H,21,24)/t11-,13?,14?,15?,16?/m0/s1. The first-order valence-electron chi connectivity index (χ1n) is 10.1. The summed E-state index contributed by atoms with van der Waals surface area (Å²) < 4.78 is 17.4. The van der Waals surface area contributed by atoms with Crippen molar-refractivity contribution in [2.24, 2.45) is 5.92 Å². The molecule has 0 unspecified atom stereocenters. The average molecular weight is 422 g/mol. The number of fused-ring (bicyclic) bond motifs is 1. The minimum Gasteiger partial charge on any atom is -0.477 e. The first-order chi connectivity index (χ1) is 13.9. The molecule has 2 aliphatic rings. The molecular formula is C20H27N3O5S. The van der Waals surface area contributed by atoms with E-state index in [0.29, 0.717) is 43.0 Å². The number of hydrogen-bond donors (Lipinski definition) is 2. The van der Waals surface area contributed by atoms with Crippen LogP contribution in [-0.2, 0) is 9.53 Å². The quantitative estimate of drug-likeness (QED) is 0.640. The maximum atomic E-state index is 11.0. The van der Waals surface area contributed by atoms with Crippen LogP contribution in [0.15, 0.2) is 12.1 Å². The van der Waals surface area contributed by atoms with E-state index in [9.17, 15) is 9.90 Å². The number of thiazole rings is 1. The summed E-state index contributed by atoms with van der Waals surface area (Å²) in [6.45, 7) is 4.60. The Hall–Kier alpha value is -1.97. The number of nitrogens with one attached hydrogen (secondary N) is 1. The molecule has 0 saturated heterocycles. The van der Waals surface area contributed by atoms with Crippen LogP contribution in [-0.4, -0.2) is 58.5 Å². The highest BCUT2D eigenvalue weighted by molar-refractivity contribution is 7.19. The maximum absolute atomic E-state index is 11.0. The number of carbonyl (C=O) groups excluding carboxylic acids is 1. The molecule has 0 spiro atoms. The Balaban J connectivity index is 1.19. The molecule has 2 aromatic rings. The molecule has 2 aliphatic carbocycles. The van der Waals surface area contributed by atoms with Crippen LogP contribution >= 0.6 is 11.3 Å². The lowest BCUT2D eigenvalue weighted by molar-refractivity contribution is -0.120. The normalized spacial score (nSPS) is 27.0. The van der Waals surface area contributed by atoms with Crippen molar-refractivity contribution in [1.82, 2.24) is 15.3 Å². The molecule has 0 aliphatic heterocycles. The summed E-state index contributed by atoms with van der Waals surface area (Å²) in [6.07, 6.45) is 3.29. The van der Waals surface area contributed by atoms with Crippen molar-refractivity contribution in [1.29, 1.82) is 0 Å². The molecule has 1 amide bonds. The molecule has 0 aromatic carbocycles. The lowest BCUT2D eigenvalue weighted by Gasteiger charge is -2.35. The van der Waals surface area contributed by atoms with Crippen molar-refractivity contribution in [3.63, 3.8) is 0 Å². The number of aliphatic hydroxyl groups excluding tert-OH is 1. The number of nitrogens with zero attached hydrogens (tertiary/aromatic N) is 2. The van der Waals surface area contributed by atoms with Crippen molar-refractivity contribution in [2.75, 3.05) is 13.2 Å². The number of rotatable bonds is 9. The molecule has 9 heteroatoms. The van der Waals surface area contributed by atoms with E-state index in [1.807, 2.05) is 19.1 Å². The van der Waals surface area contributed by atoms with Crippen molar-refractivity contribution >= 4 is 27.6 Å². The van der Waals surface area contributed by atoms with Gasteiger partial charge in [-0.2, -0.15) is 0 Å². The summed E-state index contributed by atoms with van der Waals surface area (Å²) in [7, 11) is 0. The van der Waals surface area contributed by atoms with Crippen LogP contribution in [0.25, 0.3) is 10.3 Å². The van der Waals surface area contributed by atoms with Crippen molar-refractivity contribution in [2.45, 2.75) is 63.9 Å². The second kappa shape index (κ2) is 8.81. The van der Waals surface area contributed by atoms with Gasteiger partial charge in [-0.1, -0.05) is 11.3 Å². The Morgan fingerprint density at radius 3 is 2.79 bits per heavy atom. The number of hydrogen-bond acceptors (Lipinski definition) is 8. The molecule has 2 heterocycles. The van der Waals surface area contributed by atoms with Gasteiger partial charge < -0.3 is 24.6 Å². The third kappa shape index (κ3) is 5.34.